The maximum atomic E-state index is 10.6. The fourth-order valence-electron chi connectivity index (χ4n) is 1.32. The minimum atomic E-state index is -1.16. The predicted molar refractivity (Wildman–Crippen MR) is 59.0 cm³/mol. The van der Waals surface area contributed by atoms with Crippen LogP contribution in [0.2, 0.25) is 0 Å². The summed E-state index contributed by atoms with van der Waals surface area (Å²) >= 11 is 0. The van der Waals surface area contributed by atoms with Gasteiger partial charge in [-0.25, -0.2) is 4.79 Å². The van der Waals surface area contributed by atoms with E-state index < -0.39 is 5.97 Å². The first-order valence-electron chi connectivity index (χ1n) is 5.01. The zero-order valence-corrected chi connectivity index (χ0v) is 9.16. The number of hydrogen-bond acceptors (Lipinski definition) is 5. The van der Waals surface area contributed by atoms with Crippen LogP contribution in [-0.4, -0.2) is 16.2 Å². The third kappa shape index (κ3) is 2.47. The number of carboxylic acid groups (broad SMARTS) is 1. The summed E-state index contributed by atoms with van der Waals surface area (Å²) in [5, 5.41) is 20.9. The average Bonchev–Trinajstić information content (AvgIpc) is 2.85. The van der Waals surface area contributed by atoms with Crippen LogP contribution >= 0.6 is 0 Å². The van der Waals surface area contributed by atoms with E-state index in [1.165, 1.54) is 6.07 Å². The summed E-state index contributed by atoms with van der Waals surface area (Å²) in [6.45, 7) is 0.0129. The molecule has 1 aromatic heterocycles. The minimum Gasteiger partial charge on any atom is -0.484 e. The Bertz CT molecular complexity index is 613. The topological polar surface area (TPSA) is 96.3 Å². The summed E-state index contributed by atoms with van der Waals surface area (Å²) in [5.74, 6) is -0.476. The van der Waals surface area contributed by atoms with Gasteiger partial charge < -0.3 is 14.4 Å². The number of nitriles is 1. The van der Waals surface area contributed by atoms with Crippen LogP contribution in [0.5, 0.6) is 5.75 Å². The van der Waals surface area contributed by atoms with Gasteiger partial charge in [0.05, 0.1) is 5.56 Å². The molecule has 0 amide bonds. The SMILES string of the molecule is N#Cc1ccccc1OCc1cc(C(=O)O)no1. The Morgan fingerprint density at radius 3 is 2.94 bits per heavy atom. The third-order valence-electron chi connectivity index (χ3n) is 2.16. The summed E-state index contributed by atoms with van der Waals surface area (Å²) in [4.78, 5) is 10.6. The number of benzene rings is 1. The molecule has 90 valence electrons. The molecular weight excluding hydrogens is 236 g/mol. The van der Waals surface area contributed by atoms with Crippen LogP contribution in [0.25, 0.3) is 0 Å². The molecule has 0 aliphatic rings. The second-order valence-corrected chi connectivity index (χ2v) is 3.38. The van der Waals surface area contributed by atoms with Crippen LogP contribution in [-0.2, 0) is 6.61 Å². The Labute approximate surface area is 102 Å². The first-order valence-corrected chi connectivity index (χ1v) is 5.01. The van der Waals surface area contributed by atoms with Gasteiger partial charge >= 0.3 is 5.97 Å². The number of aromatic nitrogens is 1. The molecule has 0 aliphatic carbocycles. The smallest absolute Gasteiger partial charge is 0.358 e. The molecule has 18 heavy (non-hydrogen) atoms. The fraction of sp³-hybridized carbons (Fsp3) is 0.0833. The van der Waals surface area contributed by atoms with Crippen molar-refractivity contribution < 1.29 is 19.2 Å². The molecule has 6 heteroatoms. The van der Waals surface area contributed by atoms with E-state index in [1.807, 2.05) is 6.07 Å². The van der Waals surface area contributed by atoms with Gasteiger partial charge in [0.15, 0.2) is 11.5 Å². The third-order valence-corrected chi connectivity index (χ3v) is 2.16. The highest BCUT2D eigenvalue weighted by Crippen LogP contribution is 2.18. The highest BCUT2D eigenvalue weighted by molar-refractivity contribution is 5.85. The van der Waals surface area contributed by atoms with E-state index >= 15 is 0 Å². The molecule has 1 heterocycles. The van der Waals surface area contributed by atoms with Gasteiger partial charge in [-0.05, 0) is 12.1 Å². The molecule has 0 fully saturated rings. The van der Waals surface area contributed by atoms with Gasteiger partial charge in [0.1, 0.15) is 18.4 Å². The summed E-state index contributed by atoms with van der Waals surface area (Å²) in [6, 6.07) is 9.99. The molecule has 0 atom stereocenters. The van der Waals surface area contributed by atoms with Crippen LogP contribution in [0.3, 0.4) is 0 Å². The average molecular weight is 244 g/mol. The van der Waals surface area contributed by atoms with Crippen LogP contribution in [0, 0.1) is 11.3 Å². The van der Waals surface area contributed by atoms with E-state index in [0.29, 0.717) is 11.3 Å². The Kier molecular flexibility index (Phi) is 3.25. The van der Waals surface area contributed by atoms with Crippen molar-refractivity contribution in [3.05, 3.63) is 47.3 Å². The molecule has 0 spiro atoms. The number of carbonyl (C=O) groups is 1. The molecule has 0 unspecified atom stereocenters. The highest BCUT2D eigenvalue weighted by Gasteiger charge is 2.11. The quantitative estimate of drug-likeness (QED) is 0.881. The molecule has 0 saturated carbocycles. The molecule has 0 saturated heterocycles. The molecule has 1 aromatic carbocycles. The van der Waals surface area contributed by atoms with Crippen LogP contribution in [0.1, 0.15) is 21.8 Å². The van der Waals surface area contributed by atoms with Crippen LogP contribution < -0.4 is 4.74 Å². The fourth-order valence-corrected chi connectivity index (χ4v) is 1.32. The summed E-state index contributed by atoms with van der Waals surface area (Å²) < 4.78 is 10.1. The van der Waals surface area contributed by atoms with Crippen molar-refractivity contribution in [3.8, 4) is 11.8 Å². The second-order valence-electron chi connectivity index (χ2n) is 3.38. The molecule has 0 bridgehead atoms. The van der Waals surface area contributed by atoms with E-state index in [-0.39, 0.29) is 18.1 Å². The number of hydrogen-bond donors (Lipinski definition) is 1. The largest absolute Gasteiger partial charge is 0.484 e. The molecule has 0 radical (unpaired) electrons. The van der Waals surface area contributed by atoms with Crippen molar-refractivity contribution in [1.29, 1.82) is 5.26 Å². The number of aromatic carboxylic acids is 1. The van der Waals surface area contributed by atoms with Gasteiger partial charge in [0.2, 0.25) is 0 Å². The lowest BCUT2D eigenvalue weighted by Gasteiger charge is -2.04. The van der Waals surface area contributed by atoms with Crippen LogP contribution in [0.4, 0.5) is 0 Å². The first kappa shape index (κ1) is 11.7. The Morgan fingerprint density at radius 2 is 2.28 bits per heavy atom. The number of carboxylic acids is 1. The molecule has 2 rings (SSSR count). The predicted octanol–water partition coefficient (Wildman–Crippen LogP) is 1.82. The summed E-state index contributed by atoms with van der Waals surface area (Å²) in [7, 11) is 0. The molecular formula is C12H8N2O4. The molecule has 6 nitrogen and oxygen atoms in total. The van der Waals surface area contributed by atoms with Gasteiger partial charge in [-0.2, -0.15) is 5.26 Å². The minimum absolute atomic E-state index is 0.0129. The van der Waals surface area contributed by atoms with E-state index in [2.05, 4.69) is 5.16 Å². The van der Waals surface area contributed by atoms with Gasteiger partial charge in [-0.3, -0.25) is 0 Å². The van der Waals surface area contributed by atoms with E-state index in [9.17, 15) is 4.79 Å². The van der Waals surface area contributed by atoms with Crippen molar-refractivity contribution in [2.45, 2.75) is 6.61 Å². The lowest BCUT2D eigenvalue weighted by molar-refractivity contribution is 0.0685. The monoisotopic (exact) mass is 244 g/mol. The maximum absolute atomic E-state index is 10.6. The number of rotatable bonds is 4. The summed E-state index contributed by atoms with van der Waals surface area (Å²) in [6.07, 6.45) is 0. The standard InChI is InChI=1S/C12H8N2O4/c13-6-8-3-1-2-4-11(8)17-7-9-5-10(12(15)16)14-18-9/h1-5H,7H2,(H,15,16). The summed E-state index contributed by atoms with van der Waals surface area (Å²) in [5.41, 5.74) is 0.220. The van der Waals surface area contributed by atoms with E-state index in [0.717, 1.165) is 0 Å². The van der Waals surface area contributed by atoms with Crippen molar-refractivity contribution in [2.24, 2.45) is 0 Å². The Hall–Kier alpha value is -2.81. The number of para-hydroxylation sites is 1. The Morgan fingerprint density at radius 1 is 1.50 bits per heavy atom. The Balaban J connectivity index is 2.07. The molecule has 2 aromatic rings. The van der Waals surface area contributed by atoms with Gasteiger partial charge in [0, 0.05) is 6.07 Å². The number of nitrogens with zero attached hydrogens (tertiary/aromatic N) is 2. The molecule has 0 aliphatic heterocycles. The van der Waals surface area contributed by atoms with Crippen molar-refractivity contribution in [1.82, 2.24) is 5.16 Å². The van der Waals surface area contributed by atoms with Crippen molar-refractivity contribution in [3.63, 3.8) is 0 Å². The highest BCUT2D eigenvalue weighted by atomic mass is 16.5. The lowest BCUT2D eigenvalue weighted by Crippen LogP contribution is -1.97. The zero-order valence-electron chi connectivity index (χ0n) is 9.16. The van der Waals surface area contributed by atoms with Gasteiger partial charge in [0.25, 0.3) is 0 Å². The lowest BCUT2D eigenvalue weighted by atomic mass is 10.2. The van der Waals surface area contributed by atoms with Crippen molar-refractivity contribution in [2.75, 3.05) is 0 Å². The van der Waals surface area contributed by atoms with E-state index in [1.54, 1.807) is 24.3 Å². The maximum Gasteiger partial charge on any atom is 0.358 e. The van der Waals surface area contributed by atoms with Crippen molar-refractivity contribution >= 4 is 5.97 Å². The first-order chi connectivity index (χ1) is 8.70. The normalized spacial score (nSPS) is 9.72. The molecule has 1 N–H and O–H groups in total. The number of ether oxygens (including phenoxy) is 1. The second kappa shape index (κ2) is 5.01. The van der Waals surface area contributed by atoms with Gasteiger partial charge in [-0.15, -0.1) is 0 Å². The zero-order chi connectivity index (χ0) is 13.0. The van der Waals surface area contributed by atoms with E-state index in [4.69, 9.17) is 19.6 Å². The van der Waals surface area contributed by atoms with Gasteiger partial charge in [-0.1, -0.05) is 17.3 Å². The van der Waals surface area contributed by atoms with Crippen LogP contribution in [0.15, 0.2) is 34.9 Å².